The summed E-state index contributed by atoms with van der Waals surface area (Å²) < 4.78 is 179. The molecule has 3 rings (SSSR count). The third kappa shape index (κ3) is 3.76. The molecule has 0 spiro atoms. The summed E-state index contributed by atoms with van der Waals surface area (Å²) in [6, 6.07) is 3.94. The summed E-state index contributed by atoms with van der Waals surface area (Å²) in [6.07, 6.45) is -7.51. The molecule has 0 aliphatic carbocycles. The summed E-state index contributed by atoms with van der Waals surface area (Å²) in [4.78, 5) is 25.4. The van der Waals surface area contributed by atoms with Gasteiger partial charge in [0, 0.05) is 5.56 Å². The van der Waals surface area contributed by atoms with E-state index < -0.39 is 58.9 Å². The summed E-state index contributed by atoms with van der Waals surface area (Å²) in [6.45, 7) is 0. The first-order chi connectivity index (χ1) is 17.1. The number of hydrogen-bond donors (Lipinski definition) is 0. The Hall–Kier alpha value is -3.53. The minimum atomic E-state index is -8.02. The second-order valence-corrected chi connectivity index (χ2v) is 7.77. The van der Waals surface area contributed by atoms with Crippen LogP contribution in [0, 0.1) is 0 Å². The molecular formula is C21H10F13NO3. The molecule has 0 radical (unpaired) electrons. The smallest absolute Gasteiger partial charge is 0.460 e. The molecule has 1 aliphatic rings. The van der Waals surface area contributed by atoms with Crippen molar-refractivity contribution >= 4 is 17.5 Å². The van der Waals surface area contributed by atoms with Gasteiger partial charge in [0.2, 0.25) is 0 Å². The molecule has 2 aromatic rings. The van der Waals surface area contributed by atoms with Crippen molar-refractivity contribution in [1.82, 2.24) is 0 Å². The minimum absolute atomic E-state index is 0.123. The number of amides is 2. The highest BCUT2D eigenvalue weighted by Crippen LogP contribution is 2.62. The fourth-order valence-electron chi connectivity index (χ4n) is 3.35. The number of alkyl halides is 13. The summed E-state index contributed by atoms with van der Waals surface area (Å²) >= 11 is 0. The standard InChI is InChI=1S/C21H10F13NO3/c1-38-11-6-7-12-13(8-11)15(37)35(14(12)36)10-4-2-9(3-5-10)16(22,23)17(24,25)18(26,27)19(28,29)20(30,31)21(32,33)34/h2-8H,1H3. The maximum absolute atomic E-state index is 14.4. The van der Waals surface area contributed by atoms with Gasteiger partial charge in [-0.25, -0.2) is 4.90 Å². The Morgan fingerprint density at radius 2 is 1.08 bits per heavy atom. The molecular weight excluding hydrogens is 561 g/mol. The monoisotopic (exact) mass is 571 g/mol. The van der Waals surface area contributed by atoms with E-state index in [4.69, 9.17) is 4.74 Å². The quantitative estimate of drug-likeness (QED) is 0.275. The van der Waals surface area contributed by atoms with Gasteiger partial charge in [0.15, 0.2) is 0 Å². The highest BCUT2D eigenvalue weighted by Gasteiger charge is 2.90. The lowest BCUT2D eigenvalue weighted by atomic mass is 9.90. The van der Waals surface area contributed by atoms with E-state index in [-0.39, 0.29) is 29.0 Å². The van der Waals surface area contributed by atoms with Gasteiger partial charge in [0.25, 0.3) is 11.8 Å². The van der Waals surface area contributed by atoms with Crippen LogP contribution >= 0.6 is 0 Å². The molecule has 0 bridgehead atoms. The van der Waals surface area contributed by atoms with Crippen molar-refractivity contribution in [1.29, 1.82) is 0 Å². The second kappa shape index (κ2) is 8.49. The third-order valence-corrected chi connectivity index (χ3v) is 5.52. The largest absolute Gasteiger partial charge is 0.497 e. The molecule has 0 fully saturated rings. The number of fused-ring (bicyclic) bond motifs is 1. The molecule has 208 valence electrons. The van der Waals surface area contributed by atoms with Gasteiger partial charge < -0.3 is 4.74 Å². The molecule has 0 saturated heterocycles. The highest BCUT2D eigenvalue weighted by atomic mass is 19.4. The zero-order valence-electron chi connectivity index (χ0n) is 18.1. The van der Waals surface area contributed by atoms with Gasteiger partial charge in [0.1, 0.15) is 5.75 Å². The number of ether oxygens (including phenoxy) is 1. The van der Waals surface area contributed by atoms with E-state index in [0.717, 1.165) is 12.1 Å². The highest BCUT2D eigenvalue weighted by molar-refractivity contribution is 6.34. The van der Waals surface area contributed by atoms with Crippen LogP contribution in [0.25, 0.3) is 0 Å². The number of methoxy groups -OCH3 is 1. The van der Waals surface area contributed by atoms with Crippen LogP contribution in [0.4, 0.5) is 62.8 Å². The summed E-state index contributed by atoms with van der Waals surface area (Å²) in [5, 5.41) is 0. The average molecular weight is 571 g/mol. The van der Waals surface area contributed by atoms with Crippen molar-refractivity contribution in [3.05, 3.63) is 59.2 Å². The number of anilines is 1. The van der Waals surface area contributed by atoms with Crippen LogP contribution in [0.15, 0.2) is 42.5 Å². The molecule has 0 saturated carbocycles. The van der Waals surface area contributed by atoms with Crippen LogP contribution in [0.5, 0.6) is 5.75 Å². The maximum atomic E-state index is 14.4. The average Bonchev–Trinajstić information content (AvgIpc) is 3.07. The third-order valence-electron chi connectivity index (χ3n) is 5.52. The van der Waals surface area contributed by atoms with Gasteiger partial charge in [-0.3, -0.25) is 9.59 Å². The lowest BCUT2D eigenvalue weighted by Gasteiger charge is -2.39. The van der Waals surface area contributed by atoms with Gasteiger partial charge in [-0.2, -0.15) is 57.1 Å². The van der Waals surface area contributed by atoms with E-state index in [1.807, 2.05) is 0 Å². The van der Waals surface area contributed by atoms with Crippen molar-refractivity contribution in [3.63, 3.8) is 0 Å². The molecule has 38 heavy (non-hydrogen) atoms. The van der Waals surface area contributed by atoms with Gasteiger partial charge >= 0.3 is 35.8 Å². The van der Waals surface area contributed by atoms with Crippen molar-refractivity contribution in [2.75, 3.05) is 12.0 Å². The topological polar surface area (TPSA) is 46.6 Å². The van der Waals surface area contributed by atoms with E-state index >= 15 is 0 Å². The van der Waals surface area contributed by atoms with Crippen molar-refractivity contribution in [2.45, 2.75) is 35.8 Å². The molecule has 0 aromatic heterocycles. The van der Waals surface area contributed by atoms with Crippen LogP contribution in [0.3, 0.4) is 0 Å². The number of benzene rings is 2. The van der Waals surface area contributed by atoms with Crippen LogP contribution in [0.2, 0.25) is 0 Å². The predicted octanol–water partition coefficient (Wildman–Crippen LogP) is 6.69. The minimum Gasteiger partial charge on any atom is -0.497 e. The van der Waals surface area contributed by atoms with Gasteiger partial charge in [-0.1, -0.05) is 12.1 Å². The number of nitrogens with zero attached hydrogens (tertiary/aromatic N) is 1. The van der Waals surface area contributed by atoms with E-state index in [1.165, 1.54) is 13.2 Å². The van der Waals surface area contributed by atoms with E-state index in [9.17, 15) is 66.7 Å². The number of carbonyl (C=O) groups excluding carboxylic acids is 2. The number of rotatable bonds is 7. The summed E-state index contributed by atoms with van der Waals surface area (Å²) in [7, 11) is 1.22. The predicted molar refractivity (Wildman–Crippen MR) is 100 cm³/mol. The molecule has 4 nitrogen and oxygen atoms in total. The summed E-state index contributed by atoms with van der Waals surface area (Å²) in [5.74, 6) is -39.7. The van der Waals surface area contributed by atoms with Crippen LogP contribution < -0.4 is 9.64 Å². The van der Waals surface area contributed by atoms with Gasteiger partial charge in [0.05, 0.1) is 23.9 Å². The van der Waals surface area contributed by atoms with E-state index in [0.29, 0.717) is 17.0 Å². The summed E-state index contributed by atoms with van der Waals surface area (Å²) in [5.41, 5.74) is -3.28. The van der Waals surface area contributed by atoms with E-state index in [2.05, 4.69) is 0 Å². The lowest BCUT2D eigenvalue weighted by molar-refractivity contribution is -0.441. The Balaban J connectivity index is 1.99. The molecule has 17 heteroatoms. The van der Waals surface area contributed by atoms with Crippen LogP contribution in [-0.2, 0) is 5.92 Å². The van der Waals surface area contributed by atoms with Crippen LogP contribution in [0.1, 0.15) is 26.3 Å². The molecule has 2 amide bonds. The van der Waals surface area contributed by atoms with Crippen molar-refractivity contribution < 1.29 is 71.4 Å². The first kappa shape index (κ1) is 29.0. The molecule has 0 unspecified atom stereocenters. The first-order valence-electron chi connectivity index (χ1n) is 9.71. The number of imide groups is 1. The van der Waals surface area contributed by atoms with Gasteiger partial charge in [-0.15, -0.1) is 0 Å². The Morgan fingerprint density at radius 1 is 0.605 bits per heavy atom. The van der Waals surface area contributed by atoms with Crippen molar-refractivity contribution in [2.24, 2.45) is 0 Å². The second-order valence-electron chi connectivity index (χ2n) is 7.77. The Labute approximate surface area is 202 Å². The SMILES string of the molecule is COc1ccc2c(c1)C(=O)N(c1ccc(C(F)(F)C(F)(F)C(F)(F)C(F)(F)C(F)(F)C(F)(F)F)cc1)C2=O. The molecule has 1 aliphatic heterocycles. The maximum Gasteiger partial charge on any atom is 0.460 e. The first-order valence-corrected chi connectivity index (χ1v) is 9.71. The molecule has 2 aromatic carbocycles. The van der Waals surface area contributed by atoms with E-state index in [1.54, 1.807) is 0 Å². The number of hydrogen-bond acceptors (Lipinski definition) is 3. The van der Waals surface area contributed by atoms with Crippen molar-refractivity contribution in [3.8, 4) is 5.75 Å². The normalized spacial score (nSPS) is 15.7. The molecule has 0 N–H and O–H groups in total. The Morgan fingerprint density at radius 3 is 1.55 bits per heavy atom. The zero-order chi connectivity index (χ0) is 29.3. The number of carbonyl (C=O) groups is 2. The zero-order valence-corrected chi connectivity index (χ0v) is 18.1. The van der Waals surface area contributed by atoms with Crippen LogP contribution in [-0.4, -0.2) is 48.8 Å². The fourth-order valence-corrected chi connectivity index (χ4v) is 3.35. The molecule has 0 atom stereocenters. The number of halogens is 13. The Kier molecular flexibility index (Phi) is 6.49. The molecule has 1 heterocycles. The van der Waals surface area contributed by atoms with Gasteiger partial charge in [-0.05, 0) is 30.3 Å². The fraction of sp³-hybridized carbons (Fsp3) is 0.333. The lowest BCUT2D eigenvalue weighted by Crippen LogP contribution is -2.69. The Bertz CT molecular complexity index is 1270.